The second-order valence-electron chi connectivity index (χ2n) is 7.01. The van der Waals surface area contributed by atoms with Crippen LogP contribution in [0.4, 0.5) is 14.9 Å². The van der Waals surface area contributed by atoms with Crippen LogP contribution in [0.5, 0.6) is 0 Å². The lowest BCUT2D eigenvalue weighted by atomic mass is 10.2. The van der Waals surface area contributed by atoms with Crippen LogP contribution in [0.15, 0.2) is 62.4 Å². The fourth-order valence-electron chi connectivity index (χ4n) is 3.21. The molecule has 0 radical (unpaired) electrons. The molecule has 0 atom stereocenters. The van der Waals surface area contributed by atoms with E-state index in [0.717, 1.165) is 34.0 Å². The number of benzene rings is 2. The number of aromatic nitrogens is 2. The lowest BCUT2D eigenvalue weighted by Gasteiger charge is -2.13. The molecule has 0 bridgehead atoms. The van der Waals surface area contributed by atoms with Crippen molar-refractivity contribution < 1.29 is 26.9 Å². The van der Waals surface area contributed by atoms with Crippen LogP contribution >= 0.6 is 35.0 Å². The Bertz CT molecular complexity index is 1640. The van der Waals surface area contributed by atoms with Gasteiger partial charge >= 0.3 is 6.03 Å². The number of nitrogens with two attached hydrogens (primary N) is 1. The van der Waals surface area contributed by atoms with Crippen molar-refractivity contribution in [2.24, 2.45) is 5.90 Å². The van der Waals surface area contributed by atoms with Gasteiger partial charge in [-0.1, -0.05) is 11.6 Å². The van der Waals surface area contributed by atoms with E-state index in [9.17, 15) is 18.0 Å². The number of thiophene rings is 1. The highest BCUT2D eigenvalue weighted by molar-refractivity contribution is 7.94. The summed E-state index contributed by atoms with van der Waals surface area (Å²) in [5, 5.41) is 2.43. The van der Waals surface area contributed by atoms with Gasteiger partial charge < -0.3 is 5.32 Å². The van der Waals surface area contributed by atoms with Crippen LogP contribution in [-0.4, -0.2) is 24.0 Å². The Kier molecular flexibility index (Phi) is 7.60. The van der Waals surface area contributed by atoms with Gasteiger partial charge in [0.15, 0.2) is 0 Å². The Labute approximate surface area is 216 Å². The summed E-state index contributed by atoms with van der Waals surface area (Å²) in [6, 6.07) is 9.74. The number of aryl methyl sites for hydroxylation is 1. The average Bonchev–Trinajstić information content (AvgIpc) is 3.26. The fourth-order valence-corrected chi connectivity index (χ4v) is 6.00. The molecule has 2 amide bonds. The number of nitrogens with one attached hydrogen (secondary N) is 2. The molecule has 11 nitrogen and oxygen atoms in total. The number of sulfonamides is 1. The molecule has 0 aliphatic heterocycles. The third-order valence-electron chi connectivity index (χ3n) is 4.66. The van der Waals surface area contributed by atoms with Gasteiger partial charge in [0.2, 0.25) is 0 Å². The van der Waals surface area contributed by atoms with Crippen LogP contribution < -0.4 is 21.5 Å². The number of urea groups is 1. The molecule has 0 aliphatic rings. The van der Waals surface area contributed by atoms with E-state index in [2.05, 4.69) is 19.6 Å². The van der Waals surface area contributed by atoms with E-state index >= 15 is 4.39 Å². The lowest BCUT2D eigenvalue weighted by molar-refractivity contribution is -0.195. The Balaban J connectivity index is 1.61. The van der Waals surface area contributed by atoms with Gasteiger partial charge in [0.1, 0.15) is 15.9 Å². The van der Waals surface area contributed by atoms with Crippen molar-refractivity contribution in [3.05, 3.63) is 74.9 Å². The first-order valence-corrected chi connectivity index (χ1v) is 13.1. The zero-order valence-electron chi connectivity index (χ0n) is 18.0. The van der Waals surface area contributed by atoms with E-state index < -0.39 is 27.4 Å². The monoisotopic (exact) mass is 571 g/mol. The van der Waals surface area contributed by atoms with Crippen molar-refractivity contribution in [2.45, 2.75) is 16.0 Å². The topological polar surface area (TPSA) is 155 Å². The van der Waals surface area contributed by atoms with Crippen molar-refractivity contribution in [1.29, 1.82) is 0 Å². The maximum atomic E-state index is 15.1. The number of anilines is 1. The fraction of sp³-hybridized carbons (Fsp3) is 0.0500. The van der Waals surface area contributed by atoms with E-state index in [1.807, 2.05) is 4.72 Å². The minimum absolute atomic E-state index is 0.0507. The highest BCUT2D eigenvalue weighted by atomic mass is 35.5. The van der Waals surface area contributed by atoms with Gasteiger partial charge in [-0.05, 0) is 55.5 Å². The second-order valence-corrected chi connectivity index (χ2v) is 11.4. The van der Waals surface area contributed by atoms with Crippen molar-refractivity contribution in [3.8, 4) is 5.69 Å². The van der Waals surface area contributed by atoms with Gasteiger partial charge in [-0.15, -0.1) is 20.7 Å². The molecule has 2 aromatic heterocycles. The molecule has 188 valence electrons. The maximum Gasteiger partial charge on any atom is 0.333 e. The first kappa shape index (κ1) is 26.0. The van der Waals surface area contributed by atoms with Gasteiger partial charge in [0.05, 0.1) is 33.0 Å². The standard InChI is InChI=1S/C20H15ClFN5O6S3/c1-10-24-15-4-3-12(35-33-32-23)9-13(15)19(28)27(10)16-5-2-11(8-14(16)22)25-20(29)26-36(30,31)18-7-6-17(21)34-18/h2-9H,23H2,1H3,(H2,25,26,29). The van der Waals surface area contributed by atoms with Crippen LogP contribution in [0.1, 0.15) is 5.82 Å². The number of carbonyl (C=O) groups is 1. The average molecular weight is 572 g/mol. The second kappa shape index (κ2) is 10.5. The van der Waals surface area contributed by atoms with Gasteiger partial charge in [-0.2, -0.15) is 5.90 Å². The summed E-state index contributed by atoms with van der Waals surface area (Å²) in [5.41, 5.74) is -0.342. The molecule has 4 N–H and O–H groups in total. The molecule has 0 unspecified atom stereocenters. The molecule has 4 rings (SSSR count). The third kappa shape index (κ3) is 5.52. The summed E-state index contributed by atoms with van der Waals surface area (Å²) in [6.45, 7) is 1.54. The highest BCUT2D eigenvalue weighted by Crippen LogP contribution is 2.26. The summed E-state index contributed by atoms with van der Waals surface area (Å²) in [4.78, 5) is 34.3. The number of amides is 2. The number of hydrogen-bond donors (Lipinski definition) is 3. The molecule has 36 heavy (non-hydrogen) atoms. The first-order valence-electron chi connectivity index (χ1n) is 9.71. The number of halogens is 2. The molecule has 4 aromatic rings. The zero-order chi connectivity index (χ0) is 26.0. The van der Waals surface area contributed by atoms with Crippen molar-refractivity contribution >= 4 is 67.6 Å². The maximum absolute atomic E-state index is 15.1. The Morgan fingerprint density at radius 1 is 1.22 bits per heavy atom. The predicted molar refractivity (Wildman–Crippen MR) is 133 cm³/mol. The number of nitrogens with zero attached hydrogens (tertiary/aromatic N) is 2. The van der Waals surface area contributed by atoms with Crippen LogP contribution in [-0.2, 0) is 19.3 Å². The number of rotatable bonds is 7. The van der Waals surface area contributed by atoms with Crippen LogP contribution in [0.3, 0.4) is 0 Å². The van der Waals surface area contributed by atoms with Crippen LogP contribution in [0, 0.1) is 12.7 Å². The number of hydrogen-bond acceptors (Lipinski definition) is 10. The molecule has 0 aliphatic carbocycles. The molecule has 0 spiro atoms. The molecule has 0 saturated carbocycles. The smallest absolute Gasteiger partial charge is 0.307 e. The minimum Gasteiger partial charge on any atom is -0.307 e. The zero-order valence-corrected chi connectivity index (χ0v) is 21.2. The van der Waals surface area contributed by atoms with E-state index in [1.54, 1.807) is 12.1 Å². The first-order chi connectivity index (χ1) is 17.1. The SMILES string of the molecule is Cc1nc2ccc(SOON)cc2c(=O)n1-c1ccc(NC(=O)NS(=O)(=O)c2ccc(Cl)s2)cc1F. The van der Waals surface area contributed by atoms with E-state index in [1.165, 1.54) is 37.3 Å². The molecule has 16 heteroatoms. The van der Waals surface area contributed by atoms with Gasteiger partial charge in [0.25, 0.3) is 15.6 Å². The summed E-state index contributed by atoms with van der Waals surface area (Å²) < 4.78 is 47.1. The molecular formula is C20H15ClFN5O6S3. The summed E-state index contributed by atoms with van der Waals surface area (Å²) >= 11 is 7.28. The largest absolute Gasteiger partial charge is 0.333 e. The van der Waals surface area contributed by atoms with Gasteiger partial charge in [0, 0.05) is 10.6 Å². The summed E-state index contributed by atoms with van der Waals surface area (Å²) in [5.74, 6) is 4.18. The number of carbonyl (C=O) groups excluding carboxylic acids is 1. The normalized spacial score (nSPS) is 11.6. The summed E-state index contributed by atoms with van der Waals surface area (Å²) in [6.07, 6.45) is 0. The lowest BCUT2D eigenvalue weighted by Crippen LogP contribution is -2.34. The Morgan fingerprint density at radius 2 is 2.00 bits per heavy atom. The molecule has 0 fully saturated rings. The van der Waals surface area contributed by atoms with Gasteiger partial charge in [-0.3, -0.25) is 9.36 Å². The predicted octanol–water partition coefficient (Wildman–Crippen LogP) is 3.89. The van der Waals surface area contributed by atoms with Gasteiger partial charge in [-0.25, -0.2) is 27.3 Å². The van der Waals surface area contributed by atoms with Crippen molar-refractivity contribution in [3.63, 3.8) is 0 Å². The van der Waals surface area contributed by atoms with E-state index in [4.69, 9.17) is 17.5 Å². The van der Waals surface area contributed by atoms with E-state index in [-0.39, 0.29) is 31.1 Å². The third-order valence-corrected chi connectivity index (χ3v) is 8.31. The van der Waals surface area contributed by atoms with E-state index in [0.29, 0.717) is 10.4 Å². The molecule has 2 aromatic carbocycles. The van der Waals surface area contributed by atoms with Crippen LogP contribution in [0.25, 0.3) is 16.6 Å². The molecule has 2 heterocycles. The Hall–Kier alpha value is -3.05. The highest BCUT2D eigenvalue weighted by Gasteiger charge is 2.20. The van der Waals surface area contributed by atoms with Crippen molar-refractivity contribution in [1.82, 2.24) is 14.3 Å². The Morgan fingerprint density at radius 3 is 2.67 bits per heavy atom. The molecular weight excluding hydrogens is 557 g/mol. The van der Waals surface area contributed by atoms with Crippen LogP contribution in [0.2, 0.25) is 4.34 Å². The van der Waals surface area contributed by atoms with Crippen molar-refractivity contribution in [2.75, 3.05) is 5.32 Å². The number of fused-ring (bicyclic) bond motifs is 1. The quantitative estimate of drug-likeness (QED) is 0.170. The minimum atomic E-state index is -4.16. The summed E-state index contributed by atoms with van der Waals surface area (Å²) in [7, 11) is -4.16. The molecule has 0 saturated heterocycles.